The van der Waals surface area contributed by atoms with Crippen molar-refractivity contribution in [2.45, 2.75) is 26.2 Å². The highest BCUT2D eigenvalue weighted by Crippen LogP contribution is 2.21. The van der Waals surface area contributed by atoms with Crippen molar-refractivity contribution in [2.75, 3.05) is 12.0 Å². The van der Waals surface area contributed by atoms with E-state index in [0.29, 0.717) is 23.7 Å². The lowest BCUT2D eigenvalue weighted by atomic mass is 10.0. The highest BCUT2D eigenvalue weighted by atomic mass is 32.2. The Morgan fingerprint density at radius 2 is 1.95 bits per heavy atom. The molecule has 0 spiro atoms. The number of imidazole rings is 1. The Morgan fingerprint density at radius 1 is 1.30 bits per heavy atom. The number of thioether (sulfide) groups is 1. The van der Waals surface area contributed by atoms with Crippen molar-refractivity contribution in [3.63, 3.8) is 0 Å². The van der Waals surface area contributed by atoms with Crippen LogP contribution in [0.2, 0.25) is 0 Å². The van der Waals surface area contributed by atoms with Gasteiger partial charge in [0.1, 0.15) is 0 Å². The number of benzene rings is 1. The fraction of sp³-hybridized carbons (Fsp3) is 0.400. The van der Waals surface area contributed by atoms with Gasteiger partial charge in [-0.3, -0.25) is 0 Å². The van der Waals surface area contributed by atoms with Gasteiger partial charge in [0.25, 0.3) is 0 Å². The lowest BCUT2D eigenvalue weighted by molar-refractivity contribution is 0.435. The predicted molar refractivity (Wildman–Crippen MR) is 84.2 cm³/mol. The number of aromatic nitrogens is 2. The molecule has 0 aliphatic heterocycles. The van der Waals surface area contributed by atoms with Crippen molar-refractivity contribution in [1.29, 1.82) is 0 Å². The molecule has 0 aliphatic carbocycles. The minimum atomic E-state index is -0.295. The molecule has 0 radical (unpaired) electrons. The van der Waals surface area contributed by atoms with Crippen LogP contribution in [0.25, 0.3) is 5.69 Å². The van der Waals surface area contributed by atoms with Gasteiger partial charge in [-0.2, -0.15) is 11.8 Å². The van der Waals surface area contributed by atoms with Crippen LogP contribution in [0.4, 0.5) is 0 Å². The number of hydrogen-bond acceptors (Lipinski definition) is 3. The van der Waals surface area contributed by atoms with E-state index in [9.17, 15) is 9.90 Å². The van der Waals surface area contributed by atoms with Crippen LogP contribution >= 0.6 is 11.8 Å². The summed E-state index contributed by atoms with van der Waals surface area (Å²) in [6, 6.07) is 7.70. The van der Waals surface area contributed by atoms with Crippen molar-refractivity contribution in [3.05, 3.63) is 46.0 Å². The summed E-state index contributed by atoms with van der Waals surface area (Å²) in [6.07, 6.45) is 2.65. The van der Waals surface area contributed by atoms with Crippen LogP contribution in [0, 0.1) is 0 Å². The normalized spacial score (nSPS) is 11.2. The first-order valence-corrected chi connectivity index (χ1v) is 8.06. The standard InChI is InChI=1S/C15H20N2O2S/c1-10(2)11-4-6-12(7-5-11)17-14(18)13(8-9-20-3)16-15(17)19/h4-7,10,18H,8-9H2,1-3H3,(H,16,19). The fourth-order valence-corrected chi connectivity index (χ4v) is 2.51. The van der Waals surface area contributed by atoms with Gasteiger partial charge < -0.3 is 10.1 Å². The van der Waals surface area contributed by atoms with Gasteiger partial charge in [0.05, 0.1) is 11.4 Å². The Kier molecular flexibility index (Phi) is 4.60. The van der Waals surface area contributed by atoms with E-state index >= 15 is 0 Å². The van der Waals surface area contributed by atoms with E-state index in [4.69, 9.17) is 0 Å². The highest BCUT2D eigenvalue weighted by molar-refractivity contribution is 7.98. The molecule has 20 heavy (non-hydrogen) atoms. The SMILES string of the molecule is CSCCc1[nH]c(=O)n(-c2ccc(C(C)C)cc2)c1O. The molecule has 2 aromatic rings. The number of aryl methyl sites for hydroxylation is 1. The van der Waals surface area contributed by atoms with Gasteiger partial charge in [-0.25, -0.2) is 9.36 Å². The summed E-state index contributed by atoms with van der Waals surface area (Å²) in [5, 5.41) is 10.2. The summed E-state index contributed by atoms with van der Waals surface area (Å²) in [6.45, 7) is 4.24. The summed E-state index contributed by atoms with van der Waals surface area (Å²) in [7, 11) is 0. The molecule has 1 heterocycles. The molecular formula is C15H20N2O2S. The Morgan fingerprint density at radius 3 is 2.50 bits per heavy atom. The third-order valence-corrected chi connectivity index (χ3v) is 3.93. The zero-order valence-corrected chi connectivity index (χ0v) is 12.8. The van der Waals surface area contributed by atoms with E-state index in [-0.39, 0.29) is 11.6 Å². The first-order chi connectivity index (χ1) is 9.54. The van der Waals surface area contributed by atoms with Crippen LogP contribution in [0.3, 0.4) is 0 Å². The maximum absolute atomic E-state index is 12.0. The molecule has 1 aromatic heterocycles. The van der Waals surface area contributed by atoms with Gasteiger partial charge in [-0.1, -0.05) is 26.0 Å². The summed E-state index contributed by atoms with van der Waals surface area (Å²) in [5.41, 5.74) is 2.19. The molecule has 0 saturated heterocycles. The quantitative estimate of drug-likeness (QED) is 0.891. The number of H-pyrrole nitrogens is 1. The molecule has 0 fully saturated rings. The van der Waals surface area contributed by atoms with Crippen LogP contribution < -0.4 is 5.69 Å². The van der Waals surface area contributed by atoms with Gasteiger partial charge >= 0.3 is 5.69 Å². The molecule has 2 rings (SSSR count). The molecule has 0 saturated carbocycles. The Hall–Kier alpha value is -1.62. The molecule has 1 aromatic carbocycles. The Bertz CT molecular complexity index is 626. The molecule has 4 nitrogen and oxygen atoms in total. The van der Waals surface area contributed by atoms with Crippen LogP contribution in [-0.4, -0.2) is 26.7 Å². The lowest BCUT2D eigenvalue weighted by Gasteiger charge is -2.08. The van der Waals surface area contributed by atoms with Crippen molar-refractivity contribution in [3.8, 4) is 11.6 Å². The Balaban J connectivity index is 2.37. The number of nitrogens with one attached hydrogen (secondary N) is 1. The van der Waals surface area contributed by atoms with Crippen molar-refractivity contribution >= 4 is 11.8 Å². The van der Waals surface area contributed by atoms with E-state index < -0.39 is 0 Å². The summed E-state index contributed by atoms with van der Waals surface area (Å²) in [4.78, 5) is 14.7. The molecule has 0 unspecified atom stereocenters. The molecular weight excluding hydrogens is 272 g/mol. The second kappa shape index (κ2) is 6.22. The van der Waals surface area contributed by atoms with E-state index in [2.05, 4.69) is 18.8 Å². The average molecular weight is 292 g/mol. The topological polar surface area (TPSA) is 58.0 Å². The van der Waals surface area contributed by atoms with E-state index in [1.165, 1.54) is 10.1 Å². The van der Waals surface area contributed by atoms with Gasteiger partial charge in [0, 0.05) is 6.42 Å². The van der Waals surface area contributed by atoms with Gasteiger partial charge in [0.2, 0.25) is 5.88 Å². The van der Waals surface area contributed by atoms with E-state index in [0.717, 1.165) is 5.75 Å². The number of hydrogen-bond donors (Lipinski definition) is 2. The zero-order valence-electron chi connectivity index (χ0n) is 12.0. The largest absolute Gasteiger partial charge is 0.493 e. The molecule has 0 bridgehead atoms. The first kappa shape index (κ1) is 14.8. The highest BCUT2D eigenvalue weighted by Gasteiger charge is 2.14. The van der Waals surface area contributed by atoms with Gasteiger partial charge in [-0.05, 0) is 35.6 Å². The molecule has 108 valence electrons. The predicted octanol–water partition coefficient (Wildman–Crippen LogP) is 2.90. The third-order valence-electron chi connectivity index (χ3n) is 3.32. The molecule has 5 heteroatoms. The van der Waals surface area contributed by atoms with Crippen molar-refractivity contribution < 1.29 is 5.11 Å². The van der Waals surface area contributed by atoms with E-state index in [1.54, 1.807) is 11.8 Å². The summed E-state index contributed by atoms with van der Waals surface area (Å²) in [5.74, 6) is 1.32. The first-order valence-electron chi connectivity index (χ1n) is 6.66. The fourth-order valence-electron chi connectivity index (χ4n) is 2.10. The smallest absolute Gasteiger partial charge is 0.333 e. The molecule has 2 N–H and O–H groups in total. The number of nitrogens with zero attached hydrogens (tertiary/aromatic N) is 1. The maximum Gasteiger partial charge on any atom is 0.333 e. The van der Waals surface area contributed by atoms with Crippen LogP contribution in [0.1, 0.15) is 31.0 Å². The van der Waals surface area contributed by atoms with E-state index in [1.807, 2.05) is 30.5 Å². The molecule has 0 aliphatic rings. The number of rotatable bonds is 5. The van der Waals surface area contributed by atoms with Gasteiger partial charge in [-0.15, -0.1) is 0 Å². The zero-order chi connectivity index (χ0) is 14.7. The number of aromatic amines is 1. The second-order valence-corrected chi connectivity index (χ2v) is 6.04. The number of aromatic hydroxyl groups is 1. The third kappa shape index (κ3) is 2.93. The minimum absolute atomic E-state index is 0.0151. The van der Waals surface area contributed by atoms with Crippen LogP contribution in [-0.2, 0) is 6.42 Å². The van der Waals surface area contributed by atoms with Crippen molar-refractivity contribution in [1.82, 2.24) is 9.55 Å². The maximum atomic E-state index is 12.0. The Labute approximate surface area is 122 Å². The lowest BCUT2D eigenvalue weighted by Crippen LogP contribution is -2.14. The summed E-state index contributed by atoms with van der Waals surface area (Å²) < 4.78 is 1.32. The minimum Gasteiger partial charge on any atom is -0.493 e. The van der Waals surface area contributed by atoms with Gasteiger partial charge in [0.15, 0.2) is 0 Å². The van der Waals surface area contributed by atoms with Crippen molar-refractivity contribution in [2.24, 2.45) is 0 Å². The summed E-state index contributed by atoms with van der Waals surface area (Å²) >= 11 is 1.68. The monoisotopic (exact) mass is 292 g/mol. The molecule has 0 atom stereocenters. The second-order valence-electron chi connectivity index (χ2n) is 5.06. The van der Waals surface area contributed by atoms with Crippen LogP contribution in [0.5, 0.6) is 5.88 Å². The van der Waals surface area contributed by atoms with Crippen LogP contribution in [0.15, 0.2) is 29.1 Å². The molecule has 0 amide bonds. The average Bonchev–Trinajstić information content (AvgIpc) is 2.71.